The number of imidazole rings is 1. The van der Waals surface area contributed by atoms with Gasteiger partial charge in [-0.3, -0.25) is 0 Å². The maximum absolute atomic E-state index is 5.90. The average molecular weight is 227 g/mol. The Balaban J connectivity index is 2.11. The second-order valence-corrected chi connectivity index (χ2v) is 5.11. The van der Waals surface area contributed by atoms with Crippen LogP contribution in [0.5, 0.6) is 0 Å². The maximum Gasteiger partial charge on any atom is 0.0951 e. The first-order valence-corrected chi connectivity index (χ1v) is 6.32. The number of nitrogens with zero attached hydrogens (tertiary/aromatic N) is 2. The Morgan fingerprint density at radius 2 is 2.20 bits per heavy atom. The number of alkyl halides is 1. The van der Waals surface area contributed by atoms with Crippen LogP contribution in [0.1, 0.15) is 44.8 Å². The van der Waals surface area contributed by atoms with Crippen LogP contribution in [-0.4, -0.2) is 9.55 Å². The zero-order valence-electron chi connectivity index (χ0n) is 9.49. The van der Waals surface area contributed by atoms with E-state index in [4.69, 9.17) is 11.6 Å². The third-order valence-electron chi connectivity index (χ3n) is 3.85. The van der Waals surface area contributed by atoms with Crippen molar-refractivity contribution in [1.82, 2.24) is 9.55 Å². The minimum absolute atomic E-state index is 0.570. The molecule has 1 fully saturated rings. The van der Waals surface area contributed by atoms with E-state index in [1.165, 1.54) is 19.3 Å². The van der Waals surface area contributed by atoms with Gasteiger partial charge in [-0.05, 0) is 31.1 Å². The summed E-state index contributed by atoms with van der Waals surface area (Å²) >= 11 is 5.90. The van der Waals surface area contributed by atoms with E-state index in [1.807, 2.05) is 12.5 Å². The fourth-order valence-corrected chi connectivity index (χ4v) is 2.74. The predicted octanol–water partition coefficient (Wildman–Crippen LogP) is 3.62. The van der Waals surface area contributed by atoms with Gasteiger partial charge in [-0.2, -0.15) is 0 Å². The molecule has 0 bridgehead atoms. The Morgan fingerprint density at radius 1 is 1.40 bits per heavy atom. The van der Waals surface area contributed by atoms with Gasteiger partial charge < -0.3 is 4.57 Å². The number of aromatic nitrogens is 2. The van der Waals surface area contributed by atoms with E-state index < -0.39 is 0 Å². The van der Waals surface area contributed by atoms with Crippen molar-refractivity contribution in [2.24, 2.45) is 11.8 Å². The van der Waals surface area contributed by atoms with Crippen molar-refractivity contribution in [2.75, 3.05) is 0 Å². The number of rotatable bonds is 2. The quantitative estimate of drug-likeness (QED) is 0.705. The van der Waals surface area contributed by atoms with Crippen molar-refractivity contribution >= 4 is 11.6 Å². The van der Waals surface area contributed by atoms with Gasteiger partial charge in [-0.15, -0.1) is 11.6 Å². The van der Waals surface area contributed by atoms with Crippen LogP contribution in [0.15, 0.2) is 12.5 Å². The van der Waals surface area contributed by atoms with Gasteiger partial charge in [0.25, 0.3) is 0 Å². The zero-order chi connectivity index (χ0) is 10.8. The van der Waals surface area contributed by atoms with Gasteiger partial charge >= 0.3 is 0 Å². The first-order valence-electron chi connectivity index (χ1n) is 5.79. The first-order chi connectivity index (χ1) is 7.22. The van der Waals surface area contributed by atoms with Crippen molar-refractivity contribution in [2.45, 2.75) is 45.0 Å². The number of halogens is 1. The highest BCUT2D eigenvalue weighted by atomic mass is 35.5. The number of hydrogen-bond acceptors (Lipinski definition) is 1. The van der Waals surface area contributed by atoms with Crippen molar-refractivity contribution in [3.05, 3.63) is 18.2 Å². The van der Waals surface area contributed by atoms with E-state index in [-0.39, 0.29) is 0 Å². The molecule has 84 valence electrons. The Bertz CT molecular complexity index is 321. The molecule has 0 saturated heterocycles. The molecule has 2 rings (SSSR count). The summed E-state index contributed by atoms with van der Waals surface area (Å²) in [5.41, 5.74) is 1.16. The summed E-state index contributed by atoms with van der Waals surface area (Å²) in [6.45, 7) is 4.71. The molecule has 0 N–H and O–H groups in total. The molecule has 1 aliphatic carbocycles. The summed E-state index contributed by atoms with van der Waals surface area (Å²) in [7, 11) is 0. The van der Waals surface area contributed by atoms with E-state index in [0.717, 1.165) is 17.5 Å². The summed E-state index contributed by atoms with van der Waals surface area (Å²) in [5.74, 6) is 2.25. The van der Waals surface area contributed by atoms with Gasteiger partial charge in [0.05, 0.1) is 17.9 Å². The standard InChI is InChI=1S/C12H19ClN2/c1-9-3-4-11(5-10(9)2)15-8-14-7-12(15)6-13/h7-11H,3-6H2,1-2H3. The maximum atomic E-state index is 5.90. The summed E-state index contributed by atoms with van der Waals surface area (Å²) in [6, 6.07) is 0.618. The SMILES string of the molecule is CC1CCC(n2cncc2CCl)CC1C. The normalized spacial score (nSPS) is 31.8. The van der Waals surface area contributed by atoms with Crippen molar-refractivity contribution in [3.8, 4) is 0 Å². The van der Waals surface area contributed by atoms with Crippen LogP contribution < -0.4 is 0 Å². The highest BCUT2D eigenvalue weighted by Gasteiger charge is 2.26. The van der Waals surface area contributed by atoms with Gasteiger partial charge in [0.2, 0.25) is 0 Å². The molecule has 1 saturated carbocycles. The highest BCUT2D eigenvalue weighted by Crippen LogP contribution is 2.36. The van der Waals surface area contributed by atoms with Crippen LogP contribution >= 0.6 is 11.6 Å². The lowest BCUT2D eigenvalue weighted by Crippen LogP contribution is -2.23. The van der Waals surface area contributed by atoms with Crippen molar-refractivity contribution in [3.63, 3.8) is 0 Å². The van der Waals surface area contributed by atoms with Gasteiger partial charge in [-0.25, -0.2) is 4.98 Å². The third-order valence-corrected chi connectivity index (χ3v) is 4.12. The molecule has 0 spiro atoms. The Kier molecular flexibility index (Phi) is 3.35. The van der Waals surface area contributed by atoms with Crippen LogP contribution in [0.2, 0.25) is 0 Å². The Hall–Kier alpha value is -0.500. The monoisotopic (exact) mass is 226 g/mol. The van der Waals surface area contributed by atoms with Crippen LogP contribution in [0, 0.1) is 11.8 Å². The fourth-order valence-electron chi connectivity index (χ4n) is 2.54. The lowest BCUT2D eigenvalue weighted by molar-refractivity contribution is 0.209. The largest absolute Gasteiger partial charge is 0.330 e. The van der Waals surface area contributed by atoms with Crippen molar-refractivity contribution < 1.29 is 0 Å². The van der Waals surface area contributed by atoms with Gasteiger partial charge in [0.1, 0.15) is 0 Å². The summed E-state index contributed by atoms with van der Waals surface area (Å²) in [6.07, 6.45) is 7.68. The molecular weight excluding hydrogens is 208 g/mol. The molecule has 0 aliphatic heterocycles. The molecule has 1 heterocycles. The van der Waals surface area contributed by atoms with Crippen LogP contribution in [-0.2, 0) is 5.88 Å². The van der Waals surface area contributed by atoms with E-state index >= 15 is 0 Å². The summed E-state index contributed by atoms with van der Waals surface area (Å²) in [5, 5.41) is 0. The molecule has 1 aromatic heterocycles. The van der Waals surface area contributed by atoms with E-state index in [0.29, 0.717) is 11.9 Å². The van der Waals surface area contributed by atoms with Gasteiger partial charge in [0, 0.05) is 12.2 Å². The molecule has 2 nitrogen and oxygen atoms in total. The third kappa shape index (κ3) is 2.20. The Labute approximate surface area is 96.7 Å². The second-order valence-electron chi connectivity index (χ2n) is 4.85. The molecule has 3 unspecified atom stereocenters. The lowest BCUT2D eigenvalue weighted by Gasteiger charge is -2.33. The second kappa shape index (κ2) is 4.56. The van der Waals surface area contributed by atoms with Gasteiger partial charge in [0.15, 0.2) is 0 Å². The smallest absolute Gasteiger partial charge is 0.0951 e. The molecule has 0 radical (unpaired) electrons. The fraction of sp³-hybridized carbons (Fsp3) is 0.750. The zero-order valence-corrected chi connectivity index (χ0v) is 10.2. The first kappa shape index (κ1) is 11.0. The minimum atomic E-state index is 0.570. The highest BCUT2D eigenvalue weighted by molar-refractivity contribution is 6.16. The lowest BCUT2D eigenvalue weighted by atomic mass is 9.79. The summed E-state index contributed by atoms with van der Waals surface area (Å²) in [4.78, 5) is 4.19. The van der Waals surface area contributed by atoms with Gasteiger partial charge in [-0.1, -0.05) is 13.8 Å². The average Bonchev–Trinajstić information content (AvgIpc) is 2.70. The van der Waals surface area contributed by atoms with Crippen LogP contribution in [0.4, 0.5) is 0 Å². The minimum Gasteiger partial charge on any atom is -0.330 e. The topological polar surface area (TPSA) is 17.8 Å². The van der Waals surface area contributed by atoms with E-state index in [9.17, 15) is 0 Å². The number of hydrogen-bond donors (Lipinski definition) is 0. The van der Waals surface area contributed by atoms with Crippen LogP contribution in [0.3, 0.4) is 0 Å². The molecule has 15 heavy (non-hydrogen) atoms. The van der Waals surface area contributed by atoms with E-state index in [2.05, 4.69) is 23.4 Å². The molecule has 3 atom stereocenters. The molecule has 0 amide bonds. The summed E-state index contributed by atoms with van der Waals surface area (Å²) < 4.78 is 2.27. The molecule has 0 aromatic carbocycles. The molecule has 3 heteroatoms. The van der Waals surface area contributed by atoms with E-state index in [1.54, 1.807) is 0 Å². The predicted molar refractivity (Wildman–Crippen MR) is 63.0 cm³/mol. The van der Waals surface area contributed by atoms with Crippen LogP contribution in [0.25, 0.3) is 0 Å². The molecule has 1 aromatic rings. The molecule has 1 aliphatic rings. The molecular formula is C12H19ClN2. The Morgan fingerprint density at radius 3 is 2.87 bits per heavy atom. The van der Waals surface area contributed by atoms with Crippen molar-refractivity contribution in [1.29, 1.82) is 0 Å².